The molecule has 1 aromatic carbocycles. The van der Waals surface area contributed by atoms with E-state index in [1.807, 2.05) is 0 Å². The first kappa shape index (κ1) is 18.1. The van der Waals surface area contributed by atoms with E-state index in [4.69, 9.17) is 0 Å². The van der Waals surface area contributed by atoms with Gasteiger partial charge in [-0.2, -0.15) is 0 Å². The molecule has 0 aliphatic heterocycles. The summed E-state index contributed by atoms with van der Waals surface area (Å²) in [6, 6.07) is 0. The summed E-state index contributed by atoms with van der Waals surface area (Å²) in [4.78, 5) is 49.5. The fourth-order valence-electron chi connectivity index (χ4n) is 1.98. The van der Waals surface area contributed by atoms with E-state index in [-0.39, 0.29) is 5.01 Å². The maximum absolute atomic E-state index is 11.1. The molecule has 0 radical (unpaired) electrons. The molecule has 24 heavy (non-hydrogen) atoms. The second kappa shape index (κ2) is 6.02. The zero-order valence-corrected chi connectivity index (χ0v) is 11.8. The minimum Gasteiger partial charge on any atom is -0.258 e. The molecular weight excluding hydrogens is 340 g/mol. The number of nitrogens with zero attached hydrogens (tertiary/aromatic N) is 6. The quantitative estimate of drug-likeness (QED) is 0.526. The predicted octanol–water partition coefficient (Wildman–Crippen LogP) is 1.26. The van der Waals surface area contributed by atoms with Gasteiger partial charge in [-0.15, -0.1) is 0 Å². The third kappa shape index (κ3) is 2.69. The molecule has 16 nitrogen and oxygen atoms in total. The monoisotopic (exact) mass is 346 g/mol. The first-order chi connectivity index (χ1) is 10.9. The smallest absolute Gasteiger partial charge is 0.258 e. The van der Waals surface area contributed by atoms with Crippen LogP contribution in [0.2, 0.25) is 0 Å². The molecule has 0 unspecified atom stereocenters. The average molecular weight is 346 g/mol. The molecule has 0 aliphatic rings. The molecule has 0 atom stereocenters. The van der Waals surface area contributed by atoms with E-state index < -0.39 is 58.7 Å². The van der Waals surface area contributed by atoms with E-state index in [2.05, 4.69) is 0 Å². The van der Waals surface area contributed by atoms with Crippen LogP contribution >= 0.6 is 0 Å². The summed E-state index contributed by atoms with van der Waals surface area (Å²) in [5.41, 5.74) is -8.51. The van der Waals surface area contributed by atoms with Crippen LogP contribution in [0.5, 0.6) is 0 Å². The number of hydrogen-bond donors (Lipinski definition) is 0. The normalized spacial score (nSPS) is 10.1. The first-order valence-electron chi connectivity index (χ1n) is 5.59. The Morgan fingerprint density at radius 1 is 0.667 bits per heavy atom. The highest BCUT2D eigenvalue weighted by Crippen LogP contribution is 2.51. The average Bonchev–Trinajstić information content (AvgIpc) is 2.43. The topological polar surface area (TPSA) is 219 Å². The van der Waals surface area contributed by atoms with Gasteiger partial charge >= 0.3 is 22.7 Å². The van der Waals surface area contributed by atoms with Crippen LogP contribution in [0.15, 0.2) is 0 Å². The van der Waals surface area contributed by atoms with Crippen LogP contribution < -0.4 is 5.01 Å². The molecule has 0 aliphatic carbocycles. The van der Waals surface area contributed by atoms with Crippen molar-refractivity contribution in [2.24, 2.45) is 0 Å². The molecule has 0 spiro atoms. The molecular formula is C8H6N6O10. The van der Waals surface area contributed by atoms with Gasteiger partial charge in [0, 0.05) is 0 Å². The Hall–Kier alpha value is -3.98. The van der Waals surface area contributed by atoms with Gasteiger partial charge in [0.05, 0.1) is 26.7 Å². The van der Waals surface area contributed by atoms with Gasteiger partial charge < -0.3 is 0 Å². The molecule has 0 saturated heterocycles. The van der Waals surface area contributed by atoms with Crippen molar-refractivity contribution < 1.29 is 24.7 Å². The largest absolute Gasteiger partial charge is 0.425 e. The lowest BCUT2D eigenvalue weighted by Gasteiger charge is -2.11. The van der Waals surface area contributed by atoms with Crippen molar-refractivity contribution in [2.75, 3.05) is 12.1 Å². The highest BCUT2D eigenvalue weighted by molar-refractivity contribution is 5.89. The Bertz CT molecular complexity index is 803. The number of nitro benzene ring substituents is 4. The maximum Gasteiger partial charge on any atom is 0.425 e. The van der Waals surface area contributed by atoms with E-state index >= 15 is 0 Å². The Kier molecular flexibility index (Phi) is 4.54. The summed E-state index contributed by atoms with van der Waals surface area (Å²) in [6.45, 7) is 0.726. The second-order valence-electron chi connectivity index (χ2n) is 4.16. The van der Waals surface area contributed by atoms with Gasteiger partial charge in [-0.3, -0.25) is 40.5 Å². The Morgan fingerprint density at radius 3 is 1.33 bits per heavy atom. The summed E-state index contributed by atoms with van der Waals surface area (Å²) in [5.74, 6) is 0. The van der Waals surface area contributed by atoms with E-state index in [9.17, 15) is 50.6 Å². The fourth-order valence-corrected chi connectivity index (χ4v) is 1.98. The summed E-state index contributed by atoms with van der Waals surface area (Å²) in [7, 11) is 0.574. The molecule has 1 aromatic rings. The number of rotatable bonds is 6. The van der Waals surface area contributed by atoms with Crippen molar-refractivity contribution in [3.8, 4) is 0 Å². The van der Waals surface area contributed by atoms with E-state index in [1.165, 1.54) is 0 Å². The minimum atomic E-state index is -1.72. The van der Waals surface area contributed by atoms with Crippen LogP contribution in [0.25, 0.3) is 0 Å². The molecule has 16 heteroatoms. The lowest BCUT2D eigenvalue weighted by Crippen LogP contribution is -2.27. The highest BCUT2D eigenvalue weighted by Gasteiger charge is 2.50. The number of hydrazine groups is 1. The Labute approximate surface area is 129 Å². The van der Waals surface area contributed by atoms with Gasteiger partial charge in [0.15, 0.2) is 5.03 Å². The summed E-state index contributed by atoms with van der Waals surface area (Å²) >= 11 is 0. The molecule has 0 fully saturated rings. The molecule has 1 rings (SSSR count). The number of nitro groups is 5. The molecule has 0 bridgehead atoms. The second-order valence-corrected chi connectivity index (χ2v) is 4.16. The molecule has 0 N–H and O–H groups in total. The summed E-state index contributed by atoms with van der Waals surface area (Å²) < 4.78 is 0. The van der Waals surface area contributed by atoms with Crippen LogP contribution in [0.3, 0.4) is 0 Å². The predicted molar refractivity (Wildman–Crippen MR) is 73.2 cm³/mol. The lowest BCUT2D eigenvalue weighted by molar-refractivity contribution is -0.494. The molecule has 0 aromatic heterocycles. The molecule has 128 valence electrons. The summed E-state index contributed by atoms with van der Waals surface area (Å²) in [5, 5.41) is 53.7. The van der Waals surface area contributed by atoms with Gasteiger partial charge in [0.25, 0.3) is 5.69 Å². The van der Waals surface area contributed by atoms with E-state index in [1.54, 1.807) is 0 Å². The van der Waals surface area contributed by atoms with Crippen LogP contribution in [-0.4, -0.2) is 31.8 Å². The zero-order chi connectivity index (χ0) is 18.9. The van der Waals surface area contributed by atoms with Crippen LogP contribution in [0.1, 0.15) is 5.56 Å². The van der Waals surface area contributed by atoms with Crippen LogP contribution in [-0.2, 0) is 0 Å². The maximum atomic E-state index is 11.1. The van der Waals surface area contributed by atoms with Crippen molar-refractivity contribution in [3.63, 3.8) is 0 Å². The van der Waals surface area contributed by atoms with Gasteiger partial charge in [-0.25, -0.2) is 10.1 Å². The molecule has 0 amide bonds. The highest BCUT2D eigenvalue weighted by atomic mass is 16.7. The van der Waals surface area contributed by atoms with E-state index in [0.717, 1.165) is 6.92 Å². The molecule has 0 saturated carbocycles. The number of anilines is 1. The van der Waals surface area contributed by atoms with Crippen molar-refractivity contribution in [2.45, 2.75) is 6.92 Å². The third-order valence-corrected chi connectivity index (χ3v) is 2.91. The fraction of sp³-hybridized carbons (Fsp3) is 0.250. The Balaban J connectivity index is 4.32. The van der Waals surface area contributed by atoms with E-state index in [0.29, 0.717) is 7.05 Å². The molecule has 0 heterocycles. The van der Waals surface area contributed by atoms with Crippen molar-refractivity contribution in [1.82, 2.24) is 0 Å². The van der Waals surface area contributed by atoms with Crippen molar-refractivity contribution in [3.05, 3.63) is 56.1 Å². The van der Waals surface area contributed by atoms with Crippen molar-refractivity contribution >= 4 is 28.4 Å². The van der Waals surface area contributed by atoms with Gasteiger partial charge in [0.1, 0.15) is 5.56 Å². The van der Waals surface area contributed by atoms with Gasteiger partial charge in [-0.1, -0.05) is 5.01 Å². The number of hydrogen-bond acceptors (Lipinski definition) is 10. The van der Waals surface area contributed by atoms with Crippen LogP contribution in [0, 0.1) is 57.5 Å². The van der Waals surface area contributed by atoms with Crippen LogP contribution in [0.4, 0.5) is 28.4 Å². The summed E-state index contributed by atoms with van der Waals surface area (Å²) in [6.07, 6.45) is 0. The Morgan fingerprint density at radius 2 is 1.04 bits per heavy atom. The lowest BCUT2D eigenvalue weighted by atomic mass is 10.1. The standard InChI is InChI=1S/C8H6N6O10/c1-3-4(10(15)16)6(9(2)14(23)24)8(13(21)22)7(12(19)20)5(3)11(17)18/h1-2H3. The minimum absolute atomic E-state index is 0.181. The third-order valence-electron chi connectivity index (χ3n) is 2.91. The SMILES string of the molecule is Cc1c([N+](=O)[O-])c(N(C)[N+](=O)[O-])c([N+](=O)[O-])c([N+](=O)[O-])c1[N+](=O)[O-]. The number of benzene rings is 1. The van der Waals surface area contributed by atoms with Gasteiger partial charge in [-0.05, 0) is 6.92 Å². The van der Waals surface area contributed by atoms with Crippen molar-refractivity contribution in [1.29, 1.82) is 0 Å². The first-order valence-corrected chi connectivity index (χ1v) is 5.59. The zero-order valence-electron chi connectivity index (χ0n) is 11.8. The van der Waals surface area contributed by atoms with Gasteiger partial charge in [0.2, 0.25) is 0 Å².